The molecule has 1 fully saturated rings. The minimum atomic E-state index is -0.902. The minimum absolute atomic E-state index is 0.0496. The van der Waals surface area contributed by atoms with Crippen LogP contribution in [0.1, 0.15) is 12.0 Å². The topological polar surface area (TPSA) is 60.9 Å². The number of nitrogens with zero attached hydrogens (tertiary/aromatic N) is 2. The quantitative estimate of drug-likeness (QED) is 0.882. The first-order valence-corrected chi connectivity index (χ1v) is 7.29. The van der Waals surface area contributed by atoms with E-state index in [2.05, 4.69) is 4.90 Å². The second kappa shape index (κ2) is 7.22. The van der Waals surface area contributed by atoms with Crippen molar-refractivity contribution in [3.8, 4) is 0 Å². The molecule has 1 aromatic carbocycles. The number of hydrogen-bond acceptors (Lipinski definition) is 3. The highest BCUT2D eigenvalue weighted by atomic mass is 16.4. The number of carbonyl (C=O) groups is 2. The van der Waals surface area contributed by atoms with E-state index >= 15 is 0 Å². The molecule has 0 radical (unpaired) electrons. The maximum Gasteiger partial charge on any atom is 0.307 e. The normalized spacial score (nSPS) is 17.5. The van der Waals surface area contributed by atoms with Crippen LogP contribution in [0.2, 0.25) is 0 Å². The van der Waals surface area contributed by atoms with Gasteiger partial charge in [-0.1, -0.05) is 30.3 Å². The van der Waals surface area contributed by atoms with Gasteiger partial charge in [-0.25, -0.2) is 0 Å². The van der Waals surface area contributed by atoms with E-state index in [1.54, 1.807) is 4.90 Å². The van der Waals surface area contributed by atoms with Crippen LogP contribution in [-0.2, 0) is 16.0 Å². The van der Waals surface area contributed by atoms with Gasteiger partial charge in [0.1, 0.15) is 0 Å². The van der Waals surface area contributed by atoms with Crippen molar-refractivity contribution in [2.75, 3.05) is 33.2 Å². The van der Waals surface area contributed by atoms with Crippen molar-refractivity contribution in [1.29, 1.82) is 0 Å². The fourth-order valence-corrected chi connectivity index (χ4v) is 2.54. The summed E-state index contributed by atoms with van der Waals surface area (Å²) in [6, 6.07) is 9.47. The molecule has 5 nitrogen and oxygen atoms in total. The van der Waals surface area contributed by atoms with E-state index in [1.807, 2.05) is 37.4 Å². The molecule has 0 bridgehead atoms. The third-order valence-corrected chi connectivity index (χ3v) is 3.95. The smallest absolute Gasteiger partial charge is 0.307 e. The van der Waals surface area contributed by atoms with Gasteiger partial charge in [0.05, 0.1) is 5.92 Å². The van der Waals surface area contributed by atoms with Gasteiger partial charge in [-0.05, 0) is 19.0 Å². The molecule has 1 aromatic rings. The predicted molar refractivity (Wildman–Crippen MR) is 80.0 cm³/mol. The number of carbonyl (C=O) groups excluding carboxylic acids is 1. The average Bonchev–Trinajstić information content (AvgIpc) is 2.48. The highest BCUT2D eigenvalue weighted by Crippen LogP contribution is 2.15. The van der Waals surface area contributed by atoms with Crippen LogP contribution in [-0.4, -0.2) is 60.0 Å². The SMILES string of the molecule is CN1CCN(C(=O)CC(Cc2ccccc2)C(=O)O)CC1. The first-order valence-electron chi connectivity index (χ1n) is 7.29. The van der Waals surface area contributed by atoms with Crippen LogP contribution in [0.15, 0.2) is 30.3 Å². The van der Waals surface area contributed by atoms with Crippen molar-refractivity contribution < 1.29 is 14.7 Å². The molecule has 0 aliphatic carbocycles. The van der Waals surface area contributed by atoms with Gasteiger partial charge in [-0.2, -0.15) is 0 Å². The molecule has 1 atom stereocenters. The number of amides is 1. The molecule has 1 heterocycles. The van der Waals surface area contributed by atoms with Crippen molar-refractivity contribution in [2.24, 2.45) is 5.92 Å². The molecule has 0 saturated carbocycles. The maximum absolute atomic E-state index is 12.3. The van der Waals surface area contributed by atoms with E-state index in [9.17, 15) is 14.7 Å². The molecule has 1 saturated heterocycles. The Morgan fingerprint density at radius 3 is 2.33 bits per heavy atom. The number of carboxylic acids is 1. The Bertz CT molecular complexity index is 482. The summed E-state index contributed by atoms with van der Waals surface area (Å²) in [5.74, 6) is -1.60. The van der Waals surface area contributed by atoms with Crippen LogP contribution in [0.3, 0.4) is 0 Å². The van der Waals surface area contributed by atoms with Crippen LogP contribution in [0.4, 0.5) is 0 Å². The highest BCUT2D eigenvalue weighted by molar-refractivity contribution is 5.82. The van der Waals surface area contributed by atoms with Gasteiger partial charge in [0.2, 0.25) is 5.91 Å². The average molecular weight is 290 g/mol. The fraction of sp³-hybridized carbons (Fsp3) is 0.500. The lowest BCUT2D eigenvalue weighted by Gasteiger charge is -2.33. The van der Waals surface area contributed by atoms with Gasteiger partial charge in [-0.15, -0.1) is 0 Å². The lowest BCUT2D eigenvalue weighted by Crippen LogP contribution is -2.47. The fourth-order valence-electron chi connectivity index (χ4n) is 2.54. The van der Waals surface area contributed by atoms with E-state index < -0.39 is 11.9 Å². The Balaban J connectivity index is 1.93. The molecular formula is C16H22N2O3. The molecule has 2 rings (SSSR count). The van der Waals surface area contributed by atoms with Crippen molar-refractivity contribution in [2.45, 2.75) is 12.8 Å². The summed E-state index contributed by atoms with van der Waals surface area (Å²) in [5.41, 5.74) is 0.955. The second-order valence-electron chi connectivity index (χ2n) is 5.61. The largest absolute Gasteiger partial charge is 0.481 e. The summed E-state index contributed by atoms with van der Waals surface area (Å²) in [6.07, 6.45) is 0.476. The Kier molecular flexibility index (Phi) is 5.33. The van der Waals surface area contributed by atoms with Gasteiger partial charge >= 0.3 is 5.97 Å². The third kappa shape index (κ3) is 4.56. The number of carboxylic acid groups (broad SMARTS) is 1. The standard InChI is InChI=1S/C16H22N2O3/c1-17-7-9-18(10-8-17)15(19)12-14(16(20)21)11-13-5-3-2-4-6-13/h2-6,14H,7-12H2,1H3,(H,20,21). The Labute approximate surface area is 125 Å². The zero-order valence-corrected chi connectivity index (χ0v) is 12.4. The molecular weight excluding hydrogens is 268 g/mol. The minimum Gasteiger partial charge on any atom is -0.481 e. The Hall–Kier alpha value is -1.88. The van der Waals surface area contributed by atoms with Crippen LogP contribution in [0, 0.1) is 5.92 Å². The number of rotatable bonds is 5. The van der Waals surface area contributed by atoms with E-state index in [-0.39, 0.29) is 12.3 Å². The van der Waals surface area contributed by atoms with Gasteiger partial charge in [0.15, 0.2) is 0 Å². The first-order chi connectivity index (χ1) is 10.1. The highest BCUT2D eigenvalue weighted by Gasteiger charge is 2.26. The Morgan fingerprint density at radius 1 is 1.14 bits per heavy atom. The van der Waals surface area contributed by atoms with E-state index in [0.29, 0.717) is 19.5 Å². The molecule has 21 heavy (non-hydrogen) atoms. The van der Waals surface area contributed by atoms with Crippen LogP contribution < -0.4 is 0 Å². The van der Waals surface area contributed by atoms with E-state index in [1.165, 1.54) is 0 Å². The number of likely N-dealkylation sites (N-methyl/N-ethyl adjacent to an activating group) is 1. The van der Waals surface area contributed by atoms with Crippen LogP contribution in [0.25, 0.3) is 0 Å². The Morgan fingerprint density at radius 2 is 1.76 bits per heavy atom. The molecule has 5 heteroatoms. The third-order valence-electron chi connectivity index (χ3n) is 3.95. The van der Waals surface area contributed by atoms with Gasteiger partial charge in [0.25, 0.3) is 0 Å². The lowest BCUT2D eigenvalue weighted by atomic mass is 9.95. The molecule has 1 unspecified atom stereocenters. The molecule has 1 N–H and O–H groups in total. The zero-order chi connectivity index (χ0) is 15.2. The summed E-state index contributed by atoms with van der Waals surface area (Å²) < 4.78 is 0. The molecule has 1 aliphatic rings. The van der Waals surface area contributed by atoms with E-state index in [0.717, 1.165) is 18.7 Å². The van der Waals surface area contributed by atoms with Crippen LogP contribution in [0.5, 0.6) is 0 Å². The van der Waals surface area contributed by atoms with Gasteiger partial charge in [0, 0.05) is 32.6 Å². The summed E-state index contributed by atoms with van der Waals surface area (Å²) >= 11 is 0. The molecule has 0 aromatic heterocycles. The lowest BCUT2D eigenvalue weighted by molar-refractivity contribution is -0.146. The monoisotopic (exact) mass is 290 g/mol. The van der Waals surface area contributed by atoms with Gasteiger partial charge in [-0.3, -0.25) is 9.59 Å². The van der Waals surface area contributed by atoms with Crippen molar-refractivity contribution in [3.63, 3.8) is 0 Å². The number of benzene rings is 1. The van der Waals surface area contributed by atoms with Gasteiger partial charge < -0.3 is 14.9 Å². The van der Waals surface area contributed by atoms with Crippen molar-refractivity contribution >= 4 is 11.9 Å². The summed E-state index contributed by atoms with van der Waals surface area (Å²) in [5, 5.41) is 9.34. The second-order valence-corrected chi connectivity index (χ2v) is 5.61. The number of aliphatic carboxylic acids is 1. The summed E-state index contributed by atoms with van der Waals surface area (Å²) in [4.78, 5) is 27.6. The van der Waals surface area contributed by atoms with Crippen LogP contribution >= 0.6 is 0 Å². The first kappa shape index (κ1) is 15.5. The summed E-state index contributed by atoms with van der Waals surface area (Å²) in [7, 11) is 2.03. The molecule has 1 aliphatic heterocycles. The molecule has 1 amide bonds. The van der Waals surface area contributed by atoms with Crippen molar-refractivity contribution in [3.05, 3.63) is 35.9 Å². The molecule has 0 spiro atoms. The molecule has 114 valence electrons. The maximum atomic E-state index is 12.3. The van der Waals surface area contributed by atoms with Crippen molar-refractivity contribution in [1.82, 2.24) is 9.80 Å². The predicted octanol–water partition coefficient (Wildman–Crippen LogP) is 1.09. The summed E-state index contributed by atoms with van der Waals surface area (Å²) in [6.45, 7) is 3.07. The number of piperazine rings is 1. The van der Waals surface area contributed by atoms with E-state index in [4.69, 9.17) is 0 Å². The number of hydrogen-bond donors (Lipinski definition) is 1. The zero-order valence-electron chi connectivity index (χ0n) is 12.4.